The van der Waals surface area contributed by atoms with Crippen LogP contribution < -0.4 is 4.74 Å². The lowest BCUT2D eigenvalue weighted by Crippen LogP contribution is -2.51. The van der Waals surface area contributed by atoms with Crippen LogP contribution in [0, 0.1) is 0 Å². The van der Waals surface area contributed by atoms with Gasteiger partial charge in [-0.25, -0.2) is 9.37 Å². The number of carbonyl (C=O) groups excluding carboxylic acids is 1. The van der Waals surface area contributed by atoms with Crippen LogP contribution in [-0.4, -0.2) is 33.2 Å². The fourth-order valence-electron chi connectivity index (χ4n) is 3.11. The van der Waals surface area contributed by atoms with E-state index >= 15 is 0 Å². The lowest BCUT2D eigenvalue weighted by molar-refractivity contribution is -0.151. The second-order valence-electron chi connectivity index (χ2n) is 6.28. The fraction of sp³-hybridized carbons (Fsp3) is 0.471. The molecule has 0 spiro atoms. The van der Waals surface area contributed by atoms with E-state index < -0.39 is 11.6 Å². The van der Waals surface area contributed by atoms with E-state index in [1.165, 1.54) is 0 Å². The molecule has 2 aliphatic rings. The van der Waals surface area contributed by atoms with Gasteiger partial charge in [-0.15, -0.1) is 0 Å². The lowest BCUT2D eigenvalue weighted by Gasteiger charge is -2.38. The molecular weight excluding hydrogens is 313 g/mol. The zero-order valence-electron chi connectivity index (χ0n) is 13.2. The molecule has 1 fully saturated rings. The van der Waals surface area contributed by atoms with E-state index in [4.69, 9.17) is 9.26 Å². The number of carbonyl (C=O) groups is 1. The summed E-state index contributed by atoms with van der Waals surface area (Å²) in [5.74, 6) is 0.840. The highest BCUT2D eigenvalue weighted by Crippen LogP contribution is 2.38. The molecule has 2 aromatic heterocycles. The third kappa shape index (κ3) is 2.64. The lowest BCUT2D eigenvalue weighted by atomic mass is 9.80. The van der Waals surface area contributed by atoms with Gasteiger partial charge in [0, 0.05) is 30.8 Å². The largest absolute Gasteiger partial charge is 0.471 e. The maximum atomic E-state index is 14.4. The van der Waals surface area contributed by atoms with Crippen molar-refractivity contribution < 1.29 is 18.4 Å². The number of aromatic nitrogens is 2. The number of rotatable bonds is 4. The maximum absolute atomic E-state index is 14.4. The summed E-state index contributed by atoms with van der Waals surface area (Å²) in [6.45, 7) is 0.996. The quantitative estimate of drug-likeness (QED) is 0.861. The SMILES string of the molecule is O=C(N1CCc2onc(COc3ccccn3)c2C1)C1(F)CCC1. The second-order valence-corrected chi connectivity index (χ2v) is 6.28. The average molecular weight is 331 g/mol. The monoisotopic (exact) mass is 331 g/mol. The zero-order chi connectivity index (χ0) is 16.6. The Morgan fingerprint density at radius 1 is 1.42 bits per heavy atom. The minimum Gasteiger partial charge on any atom is -0.471 e. The van der Waals surface area contributed by atoms with Crippen LogP contribution in [0.15, 0.2) is 28.9 Å². The predicted molar refractivity (Wildman–Crippen MR) is 81.9 cm³/mol. The summed E-state index contributed by atoms with van der Waals surface area (Å²) in [5.41, 5.74) is -0.206. The first-order valence-corrected chi connectivity index (χ1v) is 8.14. The molecule has 1 amide bonds. The highest BCUT2D eigenvalue weighted by atomic mass is 19.1. The van der Waals surface area contributed by atoms with Crippen LogP contribution in [0.4, 0.5) is 4.39 Å². The van der Waals surface area contributed by atoms with Gasteiger partial charge in [-0.3, -0.25) is 4.79 Å². The molecule has 4 rings (SSSR count). The van der Waals surface area contributed by atoms with Gasteiger partial charge >= 0.3 is 0 Å². The van der Waals surface area contributed by atoms with E-state index in [1.807, 2.05) is 12.1 Å². The molecule has 3 heterocycles. The Kier molecular flexibility index (Phi) is 3.70. The highest BCUT2D eigenvalue weighted by Gasteiger charge is 2.47. The fourth-order valence-corrected chi connectivity index (χ4v) is 3.11. The van der Waals surface area contributed by atoms with Gasteiger partial charge in [0.05, 0.1) is 6.54 Å². The van der Waals surface area contributed by atoms with E-state index in [-0.39, 0.29) is 6.61 Å². The first-order chi connectivity index (χ1) is 11.7. The number of amides is 1. The Hall–Kier alpha value is -2.44. The Bertz CT molecular complexity index is 743. The number of nitrogens with zero attached hydrogens (tertiary/aromatic N) is 3. The molecule has 0 radical (unpaired) electrons. The van der Waals surface area contributed by atoms with Crippen molar-refractivity contribution in [3.05, 3.63) is 41.4 Å². The van der Waals surface area contributed by atoms with Gasteiger partial charge in [0.25, 0.3) is 5.91 Å². The second kappa shape index (κ2) is 5.89. The number of alkyl halides is 1. The van der Waals surface area contributed by atoms with E-state index in [9.17, 15) is 9.18 Å². The molecule has 0 aromatic carbocycles. The van der Waals surface area contributed by atoms with Crippen LogP contribution in [0.25, 0.3) is 0 Å². The summed E-state index contributed by atoms with van der Waals surface area (Å²) in [6, 6.07) is 5.40. The minimum atomic E-state index is -1.67. The number of pyridine rings is 1. The molecule has 24 heavy (non-hydrogen) atoms. The van der Waals surface area contributed by atoms with E-state index in [1.54, 1.807) is 17.2 Å². The van der Waals surface area contributed by atoms with Gasteiger partial charge < -0.3 is 14.2 Å². The van der Waals surface area contributed by atoms with Crippen molar-refractivity contribution in [2.24, 2.45) is 0 Å². The van der Waals surface area contributed by atoms with Crippen molar-refractivity contribution in [1.82, 2.24) is 15.0 Å². The molecule has 0 atom stereocenters. The van der Waals surface area contributed by atoms with E-state index in [2.05, 4.69) is 10.1 Å². The summed E-state index contributed by atoms with van der Waals surface area (Å²) < 4.78 is 25.3. The third-order valence-electron chi connectivity index (χ3n) is 4.72. The van der Waals surface area contributed by atoms with Gasteiger partial charge in [0.15, 0.2) is 5.67 Å². The molecule has 6 nitrogen and oxygen atoms in total. The van der Waals surface area contributed by atoms with Crippen molar-refractivity contribution in [2.45, 2.75) is 44.5 Å². The van der Waals surface area contributed by atoms with Crippen LogP contribution in [-0.2, 0) is 24.4 Å². The van der Waals surface area contributed by atoms with Gasteiger partial charge in [0.2, 0.25) is 5.88 Å². The Labute approximate surface area is 138 Å². The van der Waals surface area contributed by atoms with Gasteiger partial charge in [-0.1, -0.05) is 11.2 Å². The standard InChI is InChI=1S/C17H18FN3O3/c18-17(6-3-7-17)16(22)21-9-5-14-12(10-21)13(20-24-14)11-23-15-4-1-2-8-19-15/h1-2,4,8H,3,5-7,9-11H2. The molecule has 0 bridgehead atoms. The topological polar surface area (TPSA) is 68.5 Å². The Balaban J connectivity index is 1.46. The molecule has 0 N–H and O–H groups in total. The van der Waals surface area contributed by atoms with Gasteiger partial charge in [0.1, 0.15) is 18.1 Å². The summed E-state index contributed by atoms with van der Waals surface area (Å²) in [7, 11) is 0. The molecule has 0 unspecified atom stereocenters. The van der Waals surface area contributed by atoms with Crippen LogP contribution in [0.1, 0.15) is 36.3 Å². The summed E-state index contributed by atoms with van der Waals surface area (Å²) in [4.78, 5) is 18.0. The summed E-state index contributed by atoms with van der Waals surface area (Å²) in [5, 5.41) is 4.04. The van der Waals surface area contributed by atoms with Crippen LogP contribution in [0.5, 0.6) is 5.88 Å². The van der Waals surface area contributed by atoms with Gasteiger partial charge in [-0.2, -0.15) is 0 Å². The molecule has 7 heteroatoms. The van der Waals surface area contributed by atoms with Crippen molar-refractivity contribution in [3.8, 4) is 5.88 Å². The number of fused-ring (bicyclic) bond motifs is 1. The summed E-state index contributed by atoms with van der Waals surface area (Å²) in [6.07, 6.45) is 3.63. The smallest absolute Gasteiger partial charge is 0.260 e. The highest BCUT2D eigenvalue weighted by molar-refractivity contribution is 5.86. The van der Waals surface area contributed by atoms with E-state index in [0.717, 1.165) is 17.7 Å². The molecule has 1 saturated carbocycles. The third-order valence-corrected chi connectivity index (χ3v) is 4.72. The number of hydrogen-bond donors (Lipinski definition) is 0. The molecule has 126 valence electrons. The molecule has 1 aliphatic carbocycles. The Morgan fingerprint density at radius 2 is 2.29 bits per heavy atom. The number of ether oxygens (including phenoxy) is 1. The normalized spacial score (nSPS) is 18.6. The van der Waals surface area contributed by atoms with Crippen LogP contribution in [0.3, 0.4) is 0 Å². The van der Waals surface area contributed by atoms with E-state index in [0.29, 0.717) is 43.9 Å². The van der Waals surface area contributed by atoms with Crippen molar-refractivity contribution in [1.29, 1.82) is 0 Å². The molecule has 0 saturated heterocycles. The van der Waals surface area contributed by atoms with Crippen LogP contribution in [0.2, 0.25) is 0 Å². The van der Waals surface area contributed by atoms with Gasteiger partial charge in [-0.05, 0) is 25.3 Å². The average Bonchev–Trinajstić information content (AvgIpc) is 3.00. The Morgan fingerprint density at radius 3 is 3.00 bits per heavy atom. The first kappa shape index (κ1) is 15.1. The molecule has 2 aromatic rings. The zero-order valence-corrected chi connectivity index (χ0v) is 13.2. The minimum absolute atomic E-state index is 0.207. The number of hydrogen-bond acceptors (Lipinski definition) is 5. The first-order valence-electron chi connectivity index (χ1n) is 8.14. The maximum Gasteiger partial charge on any atom is 0.260 e. The molecule has 1 aliphatic heterocycles. The van der Waals surface area contributed by atoms with Crippen molar-refractivity contribution in [3.63, 3.8) is 0 Å². The van der Waals surface area contributed by atoms with Crippen molar-refractivity contribution >= 4 is 5.91 Å². The number of halogens is 1. The van der Waals surface area contributed by atoms with Crippen molar-refractivity contribution in [2.75, 3.05) is 6.54 Å². The predicted octanol–water partition coefficient (Wildman–Crippen LogP) is 2.43. The summed E-state index contributed by atoms with van der Waals surface area (Å²) >= 11 is 0. The molecular formula is C17H18FN3O3. The van der Waals surface area contributed by atoms with Crippen LogP contribution >= 0.6 is 0 Å².